The summed E-state index contributed by atoms with van der Waals surface area (Å²) in [5.41, 5.74) is -0.146. The molecule has 4 nitrogen and oxygen atoms in total. The fourth-order valence-corrected chi connectivity index (χ4v) is 3.63. The predicted molar refractivity (Wildman–Crippen MR) is 63.2 cm³/mol. The second kappa shape index (κ2) is 4.77. The lowest BCUT2D eigenvalue weighted by Gasteiger charge is -2.47. The number of imide groups is 1. The van der Waals surface area contributed by atoms with Crippen LogP contribution in [0.25, 0.3) is 0 Å². The second-order valence-electron chi connectivity index (χ2n) is 5.37. The van der Waals surface area contributed by atoms with Crippen LogP contribution in [0.3, 0.4) is 0 Å². The van der Waals surface area contributed by atoms with Gasteiger partial charge in [-0.25, -0.2) is 0 Å². The predicted octanol–water partition coefficient (Wildman–Crippen LogP) is 1.63. The van der Waals surface area contributed by atoms with E-state index in [0.29, 0.717) is 6.42 Å². The van der Waals surface area contributed by atoms with Gasteiger partial charge < -0.3 is 4.74 Å². The second-order valence-corrected chi connectivity index (χ2v) is 5.37. The Balaban J connectivity index is 2.24. The fourth-order valence-electron chi connectivity index (χ4n) is 3.63. The van der Waals surface area contributed by atoms with Crippen LogP contribution in [-0.4, -0.2) is 25.0 Å². The van der Waals surface area contributed by atoms with Gasteiger partial charge in [-0.15, -0.1) is 0 Å². The molecular weight excluding hydrogens is 218 g/mol. The number of hydrogen-bond donors (Lipinski definition) is 1. The van der Waals surface area contributed by atoms with E-state index in [2.05, 4.69) is 5.32 Å². The van der Waals surface area contributed by atoms with Crippen LogP contribution in [0.4, 0.5) is 0 Å². The van der Waals surface area contributed by atoms with Crippen LogP contribution in [0, 0.1) is 11.3 Å². The Kier molecular flexibility index (Phi) is 3.52. The Labute approximate surface area is 102 Å². The summed E-state index contributed by atoms with van der Waals surface area (Å²) in [7, 11) is 1.72. The van der Waals surface area contributed by atoms with Gasteiger partial charge >= 0.3 is 0 Å². The van der Waals surface area contributed by atoms with Crippen LogP contribution >= 0.6 is 0 Å². The lowest BCUT2D eigenvalue weighted by Crippen LogP contribution is -2.54. The van der Waals surface area contributed by atoms with Gasteiger partial charge in [-0.2, -0.15) is 0 Å². The van der Waals surface area contributed by atoms with Crippen molar-refractivity contribution >= 4 is 11.8 Å². The third-order valence-electron chi connectivity index (χ3n) is 4.41. The number of amides is 2. The molecule has 4 heteroatoms. The van der Waals surface area contributed by atoms with Gasteiger partial charge in [0.15, 0.2) is 0 Å². The molecule has 0 aromatic carbocycles. The van der Waals surface area contributed by atoms with Crippen LogP contribution in [-0.2, 0) is 14.3 Å². The van der Waals surface area contributed by atoms with Crippen molar-refractivity contribution < 1.29 is 14.3 Å². The number of ether oxygens (including phenoxy) is 1. The summed E-state index contributed by atoms with van der Waals surface area (Å²) in [6, 6.07) is 0. The molecule has 2 amide bonds. The summed E-state index contributed by atoms with van der Waals surface area (Å²) >= 11 is 0. The van der Waals surface area contributed by atoms with Crippen LogP contribution < -0.4 is 5.32 Å². The smallest absolute Gasteiger partial charge is 0.230 e. The standard InChI is InChI=1S/C13H21NO3/c1-3-10-12(16)14-11(15)8-13(10)6-4-5-9(7-13)17-2/h9-10H,3-8H2,1-2H3,(H,14,15,16). The molecule has 96 valence electrons. The Morgan fingerprint density at radius 1 is 1.47 bits per heavy atom. The minimum Gasteiger partial charge on any atom is -0.381 e. The molecule has 1 aliphatic carbocycles. The molecule has 2 aliphatic rings. The maximum atomic E-state index is 11.9. The molecule has 1 N–H and O–H groups in total. The summed E-state index contributed by atoms with van der Waals surface area (Å²) in [6.07, 6.45) is 5.41. The van der Waals surface area contributed by atoms with Gasteiger partial charge in [-0.05, 0) is 31.1 Å². The van der Waals surface area contributed by atoms with Gasteiger partial charge in [0.2, 0.25) is 11.8 Å². The molecule has 3 atom stereocenters. The molecule has 0 aromatic rings. The fraction of sp³-hybridized carbons (Fsp3) is 0.846. The highest BCUT2D eigenvalue weighted by Crippen LogP contribution is 2.48. The highest BCUT2D eigenvalue weighted by molar-refractivity contribution is 5.99. The van der Waals surface area contributed by atoms with E-state index in [1.54, 1.807) is 7.11 Å². The SMILES string of the molecule is CCC1C(=O)NC(=O)CC12CCCC(OC)C2. The van der Waals surface area contributed by atoms with Crippen molar-refractivity contribution in [3.05, 3.63) is 0 Å². The van der Waals surface area contributed by atoms with Crippen LogP contribution in [0.2, 0.25) is 0 Å². The highest BCUT2D eigenvalue weighted by Gasteiger charge is 2.49. The van der Waals surface area contributed by atoms with Crippen molar-refractivity contribution in [2.24, 2.45) is 11.3 Å². The molecule has 0 radical (unpaired) electrons. The van der Waals surface area contributed by atoms with E-state index in [4.69, 9.17) is 4.74 Å². The number of methoxy groups -OCH3 is 1. The number of rotatable bonds is 2. The first-order chi connectivity index (χ1) is 8.11. The van der Waals surface area contributed by atoms with Crippen LogP contribution in [0.15, 0.2) is 0 Å². The normalized spacial score (nSPS) is 38.2. The lowest BCUT2D eigenvalue weighted by atomic mass is 9.60. The maximum Gasteiger partial charge on any atom is 0.230 e. The first-order valence-corrected chi connectivity index (χ1v) is 6.48. The third-order valence-corrected chi connectivity index (χ3v) is 4.41. The van der Waals surface area contributed by atoms with E-state index in [1.165, 1.54) is 0 Å². The summed E-state index contributed by atoms with van der Waals surface area (Å²) < 4.78 is 5.44. The molecule has 2 fully saturated rings. The summed E-state index contributed by atoms with van der Waals surface area (Å²) in [5, 5.41) is 2.47. The van der Waals surface area contributed by atoms with Crippen LogP contribution in [0.1, 0.15) is 45.4 Å². The molecule has 1 saturated heterocycles. The quantitative estimate of drug-likeness (QED) is 0.745. The highest BCUT2D eigenvalue weighted by atomic mass is 16.5. The zero-order chi connectivity index (χ0) is 12.5. The van der Waals surface area contributed by atoms with Gasteiger partial charge in [-0.1, -0.05) is 13.3 Å². The van der Waals surface area contributed by atoms with Crippen molar-refractivity contribution in [3.8, 4) is 0 Å². The van der Waals surface area contributed by atoms with Gasteiger partial charge in [0.25, 0.3) is 0 Å². The summed E-state index contributed by atoms with van der Waals surface area (Å²) in [6.45, 7) is 2.03. The number of carbonyl (C=O) groups is 2. The van der Waals surface area contributed by atoms with Crippen molar-refractivity contribution in [2.75, 3.05) is 7.11 Å². The minimum absolute atomic E-state index is 0.0295. The molecular formula is C13H21NO3. The number of piperidine rings is 1. The summed E-state index contributed by atoms with van der Waals surface area (Å²) in [4.78, 5) is 23.6. The third kappa shape index (κ3) is 2.23. The molecule has 1 saturated carbocycles. The first-order valence-electron chi connectivity index (χ1n) is 6.48. The average molecular weight is 239 g/mol. The van der Waals surface area contributed by atoms with Crippen molar-refractivity contribution in [3.63, 3.8) is 0 Å². The van der Waals surface area contributed by atoms with E-state index in [0.717, 1.165) is 32.1 Å². The minimum atomic E-state index is -0.146. The van der Waals surface area contributed by atoms with Crippen molar-refractivity contribution in [2.45, 2.75) is 51.6 Å². The zero-order valence-electron chi connectivity index (χ0n) is 10.6. The average Bonchev–Trinajstić information content (AvgIpc) is 2.28. The molecule has 1 spiro atoms. The van der Waals surface area contributed by atoms with E-state index in [-0.39, 0.29) is 29.3 Å². The molecule has 1 heterocycles. The van der Waals surface area contributed by atoms with E-state index in [9.17, 15) is 9.59 Å². The lowest BCUT2D eigenvalue weighted by molar-refractivity contribution is -0.148. The molecule has 0 aromatic heterocycles. The Hall–Kier alpha value is -0.900. The number of hydrogen-bond acceptors (Lipinski definition) is 3. The monoisotopic (exact) mass is 239 g/mol. The zero-order valence-corrected chi connectivity index (χ0v) is 10.6. The number of nitrogens with one attached hydrogen (secondary N) is 1. The van der Waals surface area contributed by atoms with Crippen molar-refractivity contribution in [1.29, 1.82) is 0 Å². The Morgan fingerprint density at radius 3 is 2.88 bits per heavy atom. The van der Waals surface area contributed by atoms with Gasteiger partial charge in [0.05, 0.1) is 6.10 Å². The van der Waals surface area contributed by atoms with E-state index < -0.39 is 0 Å². The van der Waals surface area contributed by atoms with Gasteiger partial charge in [0.1, 0.15) is 0 Å². The molecule has 1 aliphatic heterocycles. The topological polar surface area (TPSA) is 55.4 Å². The summed E-state index contributed by atoms with van der Waals surface area (Å²) in [5.74, 6) is -0.227. The number of carbonyl (C=O) groups excluding carboxylic acids is 2. The van der Waals surface area contributed by atoms with E-state index in [1.807, 2.05) is 6.92 Å². The first kappa shape index (κ1) is 12.6. The van der Waals surface area contributed by atoms with Crippen molar-refractivity contribution in [1.82, 2.24) is 5.32 Å². The van der Waals surface area contributed by atoms with Gasteiger partial charge in [-0.3, -0.25) is 14.9 Å². The molecule has 0 bridgehead atoms. The Morgan fingerprint density at radius 2 is 2.24 bits per heavy atom. The molecule has 2 rings (SSSR count). The van der Waals surface area contributed by atoms with Crippen LogP contribution in [0.5, 0.6) is 0 Å². The largest absolute Gasteiger partial charge is 0.381 e. The molecule has 17 heavy (non-hydrogen) atoms. The maximum absolute atomic E-state index is 11.9. The van der Waals surface area contributed by atoms with Gasteiger partial charge in [0, 0.05) is 19.4 Å². The molecule has 3 unspecified atom stereocenters. The van der Waals surface area contributed by atoms with E-state index >= 15 is 0 Å². The Bertz CT molecular complexity index is 329.